The van der Waals surface area contributed by atoms with E-state index in [0.717, 1.165) is 63.2 Å². The molecule has 0 amide bonds. The average Bonchev–Trinajstić information content (AvgIpc) is 3.46. The Balaban J connectivity index is 1.77. The normalized spacial score (nSPS) is 19.8. The van der Waals surface area contributed by atoms with E-state index in [1.54, 1.807) is 0 Å². The second kappa shape index (κ2) is 13.1. The first-order valence-corrected chi connectivity index (χ1v) is 14.6. The molecule has 0 atom stereocenters. The topological polar surface area (TPSA) is 43.2 Å². The van der Waals surface area contributed by atoms with Gasteiger partial charge in [0, 0.05) is 23.3 Å². The van der Waals surface area contributed by atoms with Crippen molar-refractivity contribution in [3.8, 4) is 0 Å². The first-order chi connectivity index (χ1) is 18.6. The maximum Gasteiger partial charge on any atom is 0.210 e. The molecule has 2 aromatic rings. The first-order valence-electron chi connectivity index (χ1n) is 14.6. The number of hydrogen-bond acceptors (Lipinski definition) is 4. The van der Waals surface area contributed by atoms with Crippen LogP contribution in [0.4, 0.5) is 0 Å². The minimum atomic E-state index is -0.379. The summed E-state index contributed by atoms with van der Waals surface area (Å²) < 4.78 is 13.6. The summed E-state index contributed by atoms with van der Waals surface area (Å²) in [6.07, 6.45) is 12.4. The van der Waals surface area contributed by atoms with Crippen molar-refractivity contribution in [3.05, 3.63) is 95.1 Å². The SMILES string of the molecule is CCCC1(CCC)OC(=NCc2ccccc2)C=C1C1=CC(=NCc2ccccc2)OC1(CCC)CCC. The molecule has 2 aliphatic heterocycles. The second-order valence-corrected chi connectivity index (χ2v) is 10.6. The molecular weight excluding hydrogens is 468 g/mol. The predicted molar refractivity (Wildman–Crippen MR) is 159 cm³/mol. The van der Waals surface area contributed by atoms with E-state index in [0.29, 0.717) is 13.1 Å². The highest BCUT2D eigenvalue weighted by Crippen LogP contribution is 2.49. The van der Waals surface area contributed by atoms with Crippen LogP contribution in [0.2, 0.25) is 0 Å². The minimum absolute atomic E-state index is 0.379. The summed E-state index contributed by atoms with van der Waals surface area (Å²) in [7, 11) is 0. The third-order valence-corrected chi connectivity index (χ3v) is 7.54. The highest BCUT2D eigenvalue weighted by atomic mass is 16.5. The lowest BCUT2D eigenvalue weighted by Crippen LogP contribution is -2.39. The van der Waals surface area contributed by atoms with Crippen molar-refractivity contribution in [2.24, 2.45) is 9.98 Å². The van der Waals surface area contributed by atoms with Crippen molar-refractivity contribution in [2.75, 3.05) is 0 Å². The van der Waals surface area contributed by atoms with E-state index in [2.05, 4.69) is 88.4 Å². The zero-order valence-corrected chi connectivity index (χ0v) is 23.7. The van der Waals surface area contributed by atoms with Gasteiger partial charge in [-0.2, -0.15) is 0 Å². The Morgan fingerprint density at radius 1 is 0.526 bits per heavy atom. The Bertz CT molecular complexity index is 1060. The summed E-state index contributed by atoms with van der Waals surface area (Å²) in [5, 5.41) is 0. The molecule has 2 heterocycles. The van der Waals surface area contributed by atoms with Crippen molar-refractivity contribution in [3.63, 3.8) is 0 Å². The van der Waals surface area contributed by atoms with Crippen molar-refractivity contribution in [1.29, 1.82) is 0 Å². The Morgan fingerprint density at radius 2 is 0.868 bits per heavy atom. The van der Waals surface area contributed by atoms with Gasteiger partial charge in [-0.3, -0.25) is 0 Å². The monoisotopic (exact) mass is 512 g/mol. The van der Waals surface area contributed by atoms with Crippen LogP contribution in [0.15, 0.2) is 93.9 Å². The molecule has 0 aromatic heterocycles. The van der Waals surface area contributed by atoms with E-state index in [4.69, 9.17) is 19.5 Å². The van der Waals surface area contributed by atoms with E-state index < -0.39 is 0 Å². The largest absolute Gasteiger partial charge is 0.466 e. The molecule has 4 rings (SSSR count). The molecule has 0 bridgehead atoms. The van der Waals surface area contributed by atoms with E-state index in [9.17, 15) is 0 Å². The lowest BCUT2D eigenvalue weighted by Gasteiger charge is -2.38. The summed E-state index contributed by atoms with van der Waals surface area (Å²) in [5.41, 5.74) is 4.12. The third-order valence-electron chi connectivity index (χ3n) is 7.54. The summed E-state index contributed by atoms with van der Waals surface area (Å²) in [6, 6.07) is 20.8. The van der Waals surface area contributed by atoms with E-state index in [1.165, 1.54) is 22.3 Å². The second-order valence-electron chi connectivity index (χ2n) is 10.6. The molecule has 202 valence electrons. The number of rotatable bonds is 13. The molecule has 0 aliphatic carbocycles. The van der Waals surface area contributed by atoms with Crippen LogP contribution in [0.25, 0.3) is 0 Å². The van der Waals surface area contributed by atoms with E-state index in [1.807, 2.05) is 12.1 Å². The summed E-state index contributed by atoms with van der Waals surface area (Å²) in [4.78, 5) is 9.86. The van der Waals surface area contributed by atoms with Gasteiger partial charge in [0.2, 0.25) is 11.8 Å². The number of nitrogens with zero attached hydrogens (tertiary/aromatic N) is 2. The summed E-state index contributed by atoms with van der Waals surface area (Å²) in [5.74, 6) is 1.48. The van der Waals surface area contributed by atoms with E-state index in [-0.39, 0.29) is 11.2 Å². The predicted octanol–water partition coefficient (Wildman–Crippen LogP) is 8.78. The van der Waals surface area contributed by atoms with Crippen molar-refractivity contribution >= 4 is 11.8 Å². The smallest absolute Gasteiger partial charge is 0.210 e. The van der Waals surface area contributed by atoms with Gasteiger partial charge < -0.3 is 9.47 Å². The Labute approximate surface area is 229 Å². The Kier molecular flexibility index (Phi) is 9.60. The van der Waals surface area contributed by atoms with Crippen LogP contribution in [-0.4, -0.2) is 23.0 Å². The molecule has 0 saturated carbocycles. The number of aliphatic imine (C=N–C) groups is 2. The first kappa shape index (κ1) is 27.9. The molecule has 0 unspecified atom stereocenters. The van der Waals surface area contributed by atoms with Crippen LogP contribution < -0.4 is 0 Å². The molecule has 0 saturated heterocycles. The van der Waals surface area contributed by atoms with E-state index >= 15 is 0 Å². The third kappa shape index (κ3) is 6.28. The van der Waals surface area contributed by atoms with Gasteiger partial charge in [-0.25, -0.2) is 9.98 Å². The lowest BCUT2D eigenvalue weighted by molar-refractivity contribution is 0.0627. The molecule has 38 heavy (non-hydrogen) atoms. The summed E-state index contributed by atoms with van der Waals surface area (Å²) in [6.45, 7) is 10.2. The Hall–Kier alpha value is -3.14. The fourth-order valence-electron chi connectivity index (χ4n) is 5.99. The maximum atomic E-state index is 6.81. The number of benzene rings is 2. The number of ether oxygens (including phenoxy) is 2. The molecule has 4 heteroatoms. The van der Waals surface area contributed by atoms with Gasteiger partial charge in [0.15, 0.2) is 0 Å². The zero-order chi connectivity index (χ0) is 26.8. The molecule has 2 aliphatic rings. The maximum absolute atomic E-state index is 6.81. The molecule has 0 N–H and O–H groups in total. The van der Waals surface area contributed by atoms with Crippen molar-refractivity contribution in [1.82, 2.24) is 0 Å². The average molecular weight is 513 g/mol. The molecule has 2 aromatic carbocycles. The van der Waals surface area contributed by atoms with Crippen molar-refractivity contribution < 1.29 is 9.47 Å². The van der Waals surface area contributed by atoms with Crippen LogP contribution in [-0.2, 0) is 22.6 Å². The fraction of sp³-hybridized carbons (Fsp3) is 0.471. The lowest BCUT2D eigenvalue weighted by atomic mass is 9.74. The molecular formula is C34H44N2O2. The molecule has 4 nitrogen and oxygen atoms in total. The van der Waals surface area contributed by atoms with Gasteiger partial charge in [-0.1, -0.05) is 114 Å². The van der Waals surface area contributed by atoms with Crippen LogP contribution in [0.3, 0.4) is 0 Å². The Morgan fingerprint density at radius 3 is 1.18 bits per heavy atom. The van der Waals surface area contributed by atoms with Gasteiger partial charge in [0.05, 0.1) is 13.1 Å². The molecule has 0 spiro atoms. The summed E-state index contributed by atoms with van der Waals surface area (Å²) >= 11 is 0. The highest BCUT2D eigenvalue weighted by Gasteiger charge is 2.50. The zero-order valence-electron chi connectivity index (χ0n) is 23.7. The van der Waals surface area contributed by atoms with Gasteiger partial charge in [0.25, 0.3) is 0 Å². The van der Waals surface area contributed by atoms with Crippen LogP contribution >= 0.6 is 0 Å². The molecule has 0 fully saturated rings. The van der Waals surface area contributed by atoms with Crippen LogP contribution in [0, 0.1) is 0 Å². The number of hydrogen-bond donors (Lipinski definition) is 0. The van der Waals surface area contributed by atoms with Gasteiger partial charge in [-0.15, -0.1) is 0 Å². The van der Waals surface area contributed by atoms with Crippen molar-refractivity contribution in [2.45, 2.75) is 103 Å². The van der Waals surface area contributed by atoms with Crippen LogP contribution in [0.1, 0.15) is 90.2 Å². The fourth-order valence-corrected chi connectivity index (χ4v) is 5.99. The van der Waals surface area contributed by atoms with Gasteiger partial charge >= 0.3 is 0 Å². The highest BCUT2D eigenvalue weighted by molar-refractivity contribution is 5.97. The van der Waals surface area contributed by atoms with Gasteiger partial charge in [-0.05, 0) is 36.8 Å². The molecule has 0 radical (unpaired) electrons. The standard InChI is InChI=1S/C34H44N2O2/c1-5-19-33(20-6-2)29(23-31(37-33)35-25-27-15-11-9-12-16-27)30-24-32(36-26-28-17-13-10-14-18-28)38-34(30,21-7-3)22-8-4/h9-18,23-24H,5-8,19-22,25-26H2,1-4H3. The minimum Gasteiger partial charge on any atom is -0.466 e. The van der Waals surface area contributed by atoms with Gasteiger partial charge in [0.1, 0.15) is 11.2 Å². The quantitative estimate of drug-likeness (QED) is 0.269. The van der Waals surface area contributed by atoms with Crippen LogP contribution in [0.5, 0.6) is 0 Å².